The van der Waals surface area contributed by atoms with Crippen LogP contribution in [0.2, 0.25) is 4.34 Å². The fraction of sp³-hybridized carbons (Fsp3) is 0.111. The lowest BCUT2D eigenvalue weighted by atomic mass is 10.2. The summed E-state index contributed by atoms with van der Waals surface area (Å²) < 4.78 is 3.91. The second-order valence-electron chi connectivity index (χ2n) is 5.66. The number of fused-ring (bicyclic) bond motifs is 3. The molecule has 3 heterocycles. The first-order valence-corrected chi connectivity index (χ1v) is 10.2. The van der Waals surface area contributed by atoms with E-state index in [9.17, 15) is 9.59 Å². The normalized spacial score (nSPS) is 11.3. The zero-order valence-electron chi connectivity index (χ0n) is 14.0. The number of ketones is 1. The van der Waals surface area contributed by atoms with Gasteiger partial charge in [-0.2, -0.15) is 0 Å². The van der Waals surface area contributed by atoms with Crippen molar-refractivity contribution in [3.63, 3.8) is 0 Å². The van der Waals surface area contributed by atoms with Crippen LogP contribution in [0.25, 0.3) is 16.7 Å². The number of carbonyl (C=O) groups excluding carboxylic acids is 1. The molecule has 0 radical (unpaired) electrons. The zero-order chi connectivity index (χ0) is 19.0. The van der Waals surface area contributed by atoms with Crippen molar-refractivity contribution in [3.8, 4) is 0 Å². The van der Waals surface area contributed by atoms with Gasteiger partial charge >= 0.3 is 0 Å². The Labute approximate surface area is 167 Å². The highest BCUT2D eigenvalue weighted by molar-refractivity contribution is 7.99. The maximum Gasteiger partial charge on any atom is 0.263 e. The highest BCUT2D eigenvalue weighted by Gasteiger charge is 2.18. The highest BCUT2D eigenvalue weighted by Crippen LogP contribution is 2.26. The molecule has 4 rings (SSSR count). The summed E-state index contributed by atoms with van der Waals surface area (Å²) in [6.45, 7) is 4.03. The summed E-state index contributed by atoms with van der Waals surface area (Å²) >= 11 is 8.43. The number of hydrogen-bond acceptors (Lipinski definition) is 6. The molecule has 4 aromatic rings. The Balaban J connectivity index is 1.79. The average molecular weight is 417 g/mol. The molecule has 136 valence electrons. The summed E-state index contributed by atoms with van der Waals surface area (Å²) in [6.07, 6.45) is 1.64. The van der Waals surface area contributed by atoms with Crippen LogP contribution in [0.4, 0.5) is 0 Å². The maximum atomic E-state index is 12.8. The van der Waals surface area contributed by atoms with Crippen LogP contribution in [-0.4, -0.2) is 30.7 Å². The van der Waals surface area contributed by atoms with Crippen molar-refractivity contribution in [1.29, 1.82) is 0 Å². The van der Waals surface area contributed by atoms with Gasteiger partial charge in [0.2, 0.25) is 5.78 Å². The van der Waals surface area contributed by atoms with E-state index in [1.54, 1.807) is 28.7 Å². The number of aromatic nitrogens is 4. The van der Waals surface area contributed by atoms with Crippen molar-refractivity contribution < 1.29 is 4.79 Å². The molecule has 1 aromatic carbocycles. The third-order valence-corrected chi connectivity index (χ3v) is 6.17. The van der Waals surface area contributed by atoms with Gasteiger partial charge in [-0.05, 0) is 24.3 Å². The van der Waals surface area contributed by atoms with E-state index >= 15 is 0 Å². The minimum Gasteiger partial charge on any atom is -0.292 e. The predicted octanol–water partition coefficient (Wildman–Crippen LogP) is 3.92. The molecule has 0 bridgehead atoms. The fourth-order valence-electron chi connectivity index (χ4n) is 2.79. The monoisotopic (exact) mass is 416 g/mol. The van der Waals surface area contributed by atoms with Gasteiger partial charge in [-0.15, -0.1) is 28.1 Å². The van der Waals surface area contributed by atoms with Gasteiger partial charge < -0.3 is 0 Å². The van der Waals surface area contributed by atoms with E-state index < -0.39 is 0 Å². The second kappa shape index (κ2) is 7.30. The lowest BCUT2D eigenvalue weighted by Crippen LogP contribution is -2.22. The molecule has 0 atom stereocenters. The van der Waals surface area contributed by atoms with E-state index in [2.05, 4.69) is 16.8 Å². The fourth-order valence-corrected chi connectivity index (χ4v) is 4.68. The molecular formula is C18H13ClN4O2S2. The first-order valence-electron chi connectivity index (χ1n) is 7.99. The molecule has 27 heavy (non-hydrogen) atoms. The van der Waals surface area contributed by atoms with E-state index in [1.165, 1.54) is 27.7 Å². The van der Waals surface area contributed by atoms with Crippen molar-refractivity contribution in [2.75, 3.05) is 5.75 Å². The molecule has 0 aliphatic heterocycles. The molecule has 0 N–H and O–H groups in total. The number of benzene rings is 1. The lowest BCUT2D eigenvalue weighted by molar-refractivity contribution is 0.102. The van der Waals surface area contributed by atoms with Gasteiger partial charge in [-0.1, -0.05) is 41.6 Å². The van der Waals surface area contributed by atoms with Crippen molar-refractivity contribution in [2.24, 2.45) is 0 Å². The number of nitrogens with zero attached hydrogens (tertiary/aromatic N) is 4. The van der Waals surface area contributed by atoms with Crippen molar-refractivity contribution in [2.45, 2.75) is 11.7 Å². The molecular weight excluding hydrogens is 404 g/mol. The number of thioether (sulfide) groups is 1. The Kier molecular flexibility index (Phi) is 4.86. The topological polar surface area (TPSA) is 69.3 Å². The first kappa shape index (κ1) is 18.0. The lowest BCUT2D eigenvalue weighted by Gasteiger charge is -2.09. The van der Waals surface area contributed by atoms with Gasteiger partial charge in [-0.25, -0.2) is 0 Å². The molecule has 0 spiro atoms. The number of Topliss-reactive ketones (excluding diaryl/α,β-unsaturated/α-hetero) is 1. The largest absolute Gasteiger partial charge is 0.292 e. The van der Waals surface area contributed by atoms with Gasteiger partial charge in [0.25, 0.3) is 5.56 Å². The number of allylic oxidation sites excluding steroid dienone is 1. The van der Waals surface area contributed by atoms with Crippen molar-refractivity contribution in [1.82, 2.24) is 19.2 Å². The zero-order valence-corrected chi connectivity index (χ0v) is 16.4. The summed E-state index contributed by atoms with van der Waals surface area (Å²) in [7, 11) is 0. The number of carbonyl (C=O) groups is 1. The Morgan fingerprint density at radius 3 is 2.81 bits per heavy atom. The van der Waals surface area contributed by atoms with Crippen LogP contribution in [0.1, 0.15) is 9.67 Å². The van der Waals surface area contributed by atoms with Crippen LogP contribution >= 0.6 is 34.7 Å². The quantitative estimate of drug-likeness (QED) is 0.270. The minimum atomic E-state index is -0.147. The number of rotatable bonds is 6. The second-order valence-corrected chi connectivity index (χ2v) is 8.31. The van der Waals surface area contributed by atoms with Crippen LogP contribution in [0.15, 0.2) is 59.0 Å². The average Bonchev–Trinajstić information content (AvgIpc) is 3.30. The number of halogens is 1. The molecule has 0 fully saturated rings. The predicted molar refractivity (Wildman–Crippen MR) is 109 cm³/mol. The molecule has 0 aliphatic rings. The minimum absolute atomic E-state index is 0.0302. The Bertz CT molecular complexity index is 1240. The van der Waals surface area contributed by atoms with Gasteiger partial charge in [0.1, 0.15) is 0 Å². The number of para-hydroxylation sites is 1. The standard InChI is InChI=1S/C18H13ClN4O2S2/c1-2-9-22-16(25)11-5-3-4-6-12(11)23-17(22)20-21-18(23)26-10-13(24)14-7-8-15(19)27-14/h2-8H,1,9-10H2. The Morgan fingerprint density at radius 1 is 1.26 bits per heavy atom. The SMILES string of the molecule is C=CCn1c(=O)c2ccccc2n2c(SCC(=O)c3ccc(Cl)s3)nnc12. The third kappa shape index (κ3) is 3.20. The molecule has 0 amide bonds. The van der Waals surface area contributed by atoms with E-state index in [4.69, 9.17) is 11.6 Å². The molecule has 0 saturated carbocycles. The molecule has 0 aliphatic carbocycles. The van der Waals surface area contributed by atoms with Gasteiger partial charge in [-0.3, -0.25) is 18.6 Å². The molecule has 3 aromatic heterocycles. The van der Waals surface area contributed by atoms with Gasteiger partial charge in [0, 0.05) is 6.54 Å². The first-order chi connectivity index (χ1) is 13.1. The number of thiophene rings is 1. The molecule has 9 heteroatoms. The summed E-state index contributed by atoms with van der Waals surface area (Å²) in [4.78, 5) is 25.7. The van der Waals surface area contributed by atoms with Gasteiger partial charge in [0.05, 0.1) is 25.9 Å². The van der Waals surface area contributed by atoms with Crippen molar-refractivity contribution in [3.05, 3.63) is 68.6 Å². The van der Waals surface area contributed by atoms with Crippen molar-refractivity contribution >= 4 is 57.2 Å². The summed E-state index contributed by atoms with van der Waals surface area (Å²) in [5.74, 6) is 0.595. The smallest absolute Gasteiger partial charge is 0.263 e. The van der Waals surface area contributed by atoms with Crippen LogP contribution in [0.5, 0.6) is 0 Å². The maximum absolute atomic E-state index is 12.8. The molecule has 0 unspecified atom stereocenters. The van der Waals surface area contributed by atoms with Crippen LogP contribution in [0, 0.1) is 0 Å². The molecule has 0 saturated heterocycles. The van der Waals surface area contributed by atoms with E-state index in [1.807, 2.05) is 18.2 Å². The van der Waals surface area contributed by atoms with Crippen LogP contribution < -0.4 is 5.56 Å². The Hall–Kier alpha value is -2.42. The van der Waals surface area contributed by atoms with Gasteiger partial charge in [0.15, 0.2) is 10.9 Å². The van der Waals surface area contributed by atoms with Crippen LogP contribution in [0.3, 0.4) is 0 Å². The Morgan fingerprint density at radius 2 is 2.07 bits per heavy atom. The van der Waals surface area contributed by atoms with E-state index in [-0.39, 0.29) is 17.1 Å². The van der Waals surface area contributed by atoms with Crippen LogP contribution in [-0.2, 0) is 6.54 Å². The summed E-state index contributed by atoms with van der Waals surface area (Å²) in [5.41, 5.74) is 0.559. The van der Waals surface area contributed by atoms with E-state index in [0.717, 1.165) is 0 Å². The number of hydrogen-bond donors (Lipinski definition) is 0. The third-order valence-electron chi connectivity index (χ3n) is 3.97. The summed E-state index contributed by atoms with van der Waals surface area (Å²) in [5, 5.41) is 9.50. The summed E-state index contributed by atoms with van der Waals surface area (Å²) in [6, 6.07) is 10.7. The molecule has 6 nitrogen and oxygen atoms in total. The van der Waals surface area contributed by atoms with E-state index in [0.29, 0.717) is 37.6 Å². The highest BCUT2D eigenvalue weighted by atomic mass is 35.5.